The van der Waals surface area contributed by atoms with Crippen molar-refractivity contribution in [1.29, 1.82) is 0 Å². The summed E-state index contributed by atoms with van der Waals surface area (Å²) < 4.78 is 20.8. The Labute approximate surface area is 185 Å². The molecule has 0 saturated carbocycles. The standard InChI is InChI=1S/C22H14Cl2FN3O3/c23-13-9-10-19(16(24)11-13)31-12-20(29)27-28-21(14-5-1-3-7-17(14)25)26-18-8-4-2-6-15(18)22(28)30/h1-11H,12H2,(H,27,29). The molecule has 1 N–H and O–H groups in total. The number of aromatic nitrogens is 2. The number of amides is 1. The van der Waals surface area contributed by atoms with Crippen molar-refractivity contribution in [1.82, 2.24) is 9.66 Å². The van der Waals surface area contributed by atoms with E-state index in [1.165, 1.54) is 30.3 Å². The molecule has 0 spiro atoms. The van der Waals surface area contributed by atoms with Crippen molar-refractivity contribution in [2.45, 2.75) is 0 Å². The maximum absolute atomic E-state index is 14.5. The van der Waals surface area contributed by atoms with E-state index in [4.69, 9.17) is 27.9 Å². The Morgan fingerprint density at radius 1 is 1.06 bits per heavy atom. The van der Waals surface area contributed by atoms with Crippen LogP contribution in [-0.4, -0.2) is 22.2 Å². The molecular weight excluding hydrogens is 444 g/mol. The highest BCUT2D eigenvalue weighted by Gasteiger charge is 2.18. The molecule has 0 radical (unpaired) electrons. The molecule has 0 aliphatic carbocycles. The van der Waals surface area contributed by atoms with Gasteiger partial charge >= 0.3 is 0 Å². The van der Waals surface area contributed by atoms with Gasteiger partial charge in [-0.1, -0.05) is 47.5 Å². The van der Waals surface area contributed by atoms with E-state index < -0.39 is 23.9 Å². The van der Waals surface area contributed by atoms with Crippen LogP contribution >= 0.6 is 23.2 Å². The van der Waals surface area contributed by atoms with Gasteiger partial charge in [0.25, 0.3) is 11.5 Å². The number of carbonyl (C=O) groups excluding carboxylic acids is 1. The summed E-state index contributed by atoms with van der Waals surface area (Å²) >= 11 is 11.9. The quantitative estimate of drug-likeness (QED) is 0.472. The van der Waals surface area contributed by atoms with E-state index in [0.717, 1.165) is 4.68 Å². The second kappa shape index (κ2) is 8.75. The SMILES string of the molecule is O=C(COc1ccc(Cl)cc1Cl)Nn1c(-c2ccccc2F)nc2ccccc2c1=O. The van der Waals surface area contributed by atoms with Gasteiger partial charge in [-0.05, 0) is 42.5 Å². The fraction of sp³-hybridized carbons (Fsp3) is 0.0455. The summed E-state index contributed by atoms with van der Waals surface area (Å²) in [6.07, 6.45) is 0. The van der Waals surface area contributed by atoms with Crippen LogP contribution in [0.15, 0.2) is 71.5 Å². The zero-order chi connectivity index (χ0) is 22.0. The Morgan fingerprint density at radius 2 is 1.81 bits per heavy atom. The summed E-state index contributed by atoms with van der Waals surface area (Å²) in [5, 5.41) is 0.923. The third-order valence-corrected chi connectivity index (χ3v) is 4.91. The third kappa shape index (κ3) is 4.38. The van der Waals surface area contributed by atoms with Gasteiger partial charge in [0, 0.05) is 5.02 Å². The normalized spacial score (nSPS) is 10.8. The van der Waals surface area contributed by atoms with E-state index in [1.807, 2.05) is 0 Å². The maximum Gasteiger partial charge on any atom is 0.280 e. The van der Waals surface area contributed by atoms with E-state index in [9.17, 15) is 14.0 Å². The molecule has 156 valence electrons. The number of rotatable bonds is 5. The van der Waals surface area contributed by atoms with Crippen LogP contribution < -0.4 is 15.7 Å². The van der Waals surface area contributed by atoms with Gasteiger partial charge in [-0.25, -0.2) is 9.37 Å². The number of hydrogen-bond acceptors (Lipinski definition) is 4. The zero-order valence-electron chi connectivity index (χ0n) is 15.8. The van der Waals surface area contributed by atoms with Gasteiger partial charge in [0.2, 0.25) is 0 Å². The third-order valence-electron chi connectivity index (χ3n) is 4.38. The van der Waals surface area contributed by atoms with E-state index in [2.05, 4.69) is 10.4 Å². The van der Waals surface area contributed by atoms with Crippen molar-refractivity contribution in [2.75, 3.05) is 12.0 Å². The van der Waals surface area contributed by atoms with E-state index >= 15 is 0 Å². The van der Waals surface area contributed by atoms with Crippen molar-refractivity contribution < 1.29 is 13.9 Å². The van der Waals surface area contributed by atoms with Gasteiger partial charge in [0.05, 0.1) is 21.5 Å². The van der Waals surface area contributed by atoms with Crippen LogP contribution in [0.5, 0.6) is 5.75 Å². The predicted molar refractivity (Wildman–Crippen MR) is 118 cm³/mol. The summed E-state index contributed by atoms with van der Waals surface area (Å²) in [6.45, 7) is -0.447. The van der Waals surface area contributed by atoms with Gasteiger partial charge < -0.3 is 4.74 Å². The second-order valence-corrected chi connectivity index (χ2v) is 7.32. The van der Waals surface area contributed by atoms with Crippen molar-refractivity contribution in [3.63, 3.8) is 0 Å². The number of para-hydroxylation sites is 1. The van der Waals surface area contributed by atoms with Crippen molar-refractivity contribution >= 4 is 40.0 Å². The Kier molecular flexibility index (Phi) is 5.88. The average molecular weight is 458 g/mol. The fourth-order valence-corrected chi connectivity index (χ4v) is 3.42. The minimum Gasteiger partial charge on any atom is -0.482 e. The predicted octanol–water partition coefficient (Wildman–Crippen LogP) is 4.66. The molecule has 31 heavy (non-hydrogen) atoms. The summed E-state index contributed by atoms with van der Waals surface area (Å²) in [4.78, 5) is 30.0. The molecule has 0 aliphatic rings. The molecule has 6 nitrogen and oxygen atoms in total. The molecule has 0 unspecified atom stereocenters. The first-order valence-corrected chi connectivity index (χ1v) is 9.84. The lowest BCUT2D eigenvalue weighted by atomic mass is 10.2. The second-order valence-electron chi connectivity index (χ2n) is 6.47. The van der Waals surface area contributed by atoms with Crippen LogP contribution in [0.2, 0.25) is 10.0 Å². The van der Waals surface area contributed by atoms with E-state index in [0.29, 0.717) is 10.5 Å². The zero-order valence-corrected chi connectivity index (χ0v) is 17.3. The number of fused-ring (bicyclic) bond motifs is 1. The molecule has 4 aromatic rings. The summed E-state index contributed by atoms with van der Waals surface area (Å²) in [7, 11) is 0. The highest BCUT2D eigenvalue weighted by Crippen LogP contribution is 2.27. The number of nitrogens with one attached hydrogen (secondary N) is 1. The lowest BCUT2D eigenvalue weighted by Gasteiger charge is -2.15. The van der Waals surface area contributed by atoms with Gasteiger partial charge in [-0.2, -0.15) is 4.68 Å². The highest BCUT2D eigenvalue weighted by atomic mass is 35.5. The Bertz CT molecular complexity index is 1360. The van der Waals surface area contributed by atoms with Crippen LogP contribution in [0.4, 0.5) is 4.39 Å². The van der Waals surface area contributed by atoms with Crippen LogP contribution in [0.25, 0.3) is 22.3 Å². The number of ether oxygens (including phenoxy) is 1. The monoisotopic (exact) mass is 457 g/mol. The van der Waals surface area contributed by atoms with E-state index in [1.54, 1.807) is 36.4 Å². The summed E-state index contributed by atoms with van der Waals surface area (Å²) in [5.41, 5.74) is 2.32. The molecule has 9 heteroatoms. The number of carbonyl (C=O) groups is 1. The van der Waals surface area contributed by atoms with Crippen molar-refractivity contribution in [2.24, 2.45) is 0 Å². The van der Waals surface area contributed by atoms with Gasteiger partial charge in [-0.15, -0.1) is 0 Å². The molecular formula is C22H14Cl2FN3O3. The molecule has 0 saturated heterocycles. The first-order chi connectivity index (χ1) is 14.9. The lowest BCUT2D eigenvalue weighted by Crippen LogP contribution is -2.37. The molecule has 1 aromatic heterocycles. The molecule has 0 bridgehead atoms. The summed E-state index contributed by atoms with van der Waals surface area (Å²) in [6, 6.07) is 17.0. The van der Waals surface area contributed by atoms with Crippen LogP contribution in [-0.2, 0) is 4.79 Å². The Morgan fingerprint density at radius 3 is 2.58 bits per heavy atom. The first kappa shape index (κ1) is 20.8. The molecule has 0 fully saturated rings. The van der Waals surface area contributed by atoms with Gasteiger partial charge in [0.15, 0.2) is 12.4 Å². The molecule has 3 aromatic carbocycles. The molecule has 0 atom stereocenters. The van der Waals surface area contributed by atoms with Gasteiger partial charge in [0.1, 0.15) is 11.6 Å². The smallest absolute Gasteiger partial charge is 0.280 e. The van der Waals surface area contributed by atoms with Crippen molar-refractivity contribution in [3.8, 4) is 17.1 Å². The first-order valence-electron chi connectivity index (χ1n) is 9.08. The molecule has 4 rings (SSSR count). The topological polar surface area (TPSA) is 73.2 Å². The Balaban J connectivity index is 1.69. The van der Waals surface area contributed by atoms with Gasteiger partial charge in [-0.3, -0.25) is 15.0 Å². The maximum atomic E-state index is 14.5. The van der Waals surface area contributed by atoms with Crippen LogP contribution in [0, 0.1) is 5.82 Å². The molecule has 1 amide bonds. The number of benzene rings is 3. The molecule has 1 heterocycles. The summed E-state index contributed by atoms with van der Waals surface area (Å²) in [5.74, 6) is -1.04. The Hall–Kier alpha value is -3.42. The number of hydrogen-bond donors (Lipinski definition) is 1. The minimum atomic E-state index is -0.664. The average Bonchev–Trinajstić information content (AvgIpc) is 2.75. The highest BCUT2D eigenvalue weighted by molar-refractivity contribution is 6.35. The van der Waals surface area contributed by atoms with Crippen LogP contribution in [0.1, 0.15) is 0 Å². The lowest BCUT2D eigenvalue weighted by molar-refractivity contribution is -0.119. The van der Waals surface area contributed by atoms with Crippen molar-refractivity contribution in [3.05, 3.63) is 92.9 Å². The number of halogens is 3. The largest absolute Gasteiger partial charge is 0.482 e. The van der Waals surface area contributed by atoms with Crippen LogP contribution in [0.3, 0.4) is 0 Å². The molecule has 0 aliphatic heterocycles. The fourth-order valence-electron chi connectivity index (χ4n) is 2.95. The van der Waals surface area contributed by atoms with E-state index in [-0.39, 0.29) is 27.5 Å². The minimum absolute atomic E-state index is 0.0420. The number of nitrogens with zero attached hydrogens (tertiary/aromatic N) is 2.